The molecular weight excluding hydrogens is 376 g/mol. The Kier molecular flexibility index (Phi) is 7.30. The first-order valence-electron chi connectivity index (χ1n) is 5.78. The average molecular weight is 389 g/mol. The zero-order valence-electron chi connectivity index (χ0n) is 10.9. The Morgan fingerprint density at radius 1 is 1.33 bits per heavy atom. The predicted octanol–water partition coefficient (Wildman–Crippen LogP) is 3.33. The molecule has 0 heterocycles. The van der Waals surface area contributed by atoms with E-state index in [1.54, 1.807) is 0 Å². The summed E-state index contributed by atoms with van der Waals surface area (Å²) in [5.74, 6) is -0.740. The molecule has 0 aliphatic heterocycles. The molecule has 1 amide bonds. The van der Waals surface area contributed by atoms with Gasteiger partial charge in [-0.1, -0.05) is 46.9 Å². The SMILES string of the molecule is Cc1cccc(NC(=S)N[C@H](NC(=O)CCl)C(Cl)(Cl)Cl)c1. The Morgan fingerprint density at radius 2 is 2.00 bits per heavy atom. The lowest BCUT2D eigenvalue weighted by Gasteiger charge is -2.27. The summed E-state index contributed by atoms with van der Waals surface area (Å²) in [6, 6.07) is 7.56. The van der Waals surface area contributed by atoms with Gasteiger partial charge in [-0.2, -0.15) is 0 Å². The molecule has 0 saturated heterocycles. The molecule has 1 aromatic rings. The fraction of sp³-hybridized carbons (Fsp3) is 0.333. The van der Waals surface area contributed by atoms with E-state index >= 15 is 0 Å². The van der Waals surface area contributed by atoms with Crippen molar-refractivity contribution < 1.29 is 4.79 Å². The molecule has 0 unspecified atom stereocenters. The summed E-state index contributed by atoms with van der Waals surface area (Å²) in [7, 11) is 0. The van der Waals surface area contributed by atoms with Crippen molar-refractivity contribution in [3.8, 4) is 0 Å². The fourth-order valence-electron chi connectivity index (χ4n) is 1.42. The van der Waals surface area contributed by atoms with Crippen LogP contribution in [0.3, 0.4) is 0 Å². The van der Waals surface area contributed by atoms with Crippen LogP contribution in [0.25, 0.3) is 0 Å². The summed E-state index contributed by atoms with van der Waals surface area (Å²) in [4.78, 5) is 11.3. The van der Waals surface area contributed by atoms with Crippen LogP contribution in [0.4, 0.5) is 5.69 Å². The molecule has 1 atom stereocenters. The van der Waals surface area contributed by atoms with Gasteiger partial charge in [0, 0.05) is 5.69 Å². The van der Waals surface area contributed by atoms with Gasteiger partial charge in [-0.25, -0.2) is 0 Å². The summed E-state index contributed by atoms with van der Waals surface area (Å²) < 4.78 is -1.79. The number of anilines is 1. The van der Waals surface area contributed by atoms with Crippen molar-refractivity contribution in [1.29, 1.82) is 0 Å². The highest BCUT2D eigenvalue weighted by atomic mass is 35.6. The molecule has 0 aliphatic rings. The number of hydrogen-bond acceptors (Lipinski definition) is 2. The summed E-state index contributed by atoms with van der Waals surface area (Å²) in [5.41, 5.74) is 1.84. The molecule has 21 heavy (non-hydrogen) atoms. The van der Waals surface area contributed by atoms with E-state index in [4.69, 9.17) is 58.6 Å². The first-order chi connectivity index (χ1) is 9.72. The number of aryl methyl sites for hydroxylation is 1. The van der Waals surface area contributed by atoms with E-state index in [2.05, 4.69) is 16.0 Å². The first kappa shape index (κ1) is 18.6. The first-order valence-corrected chi connectivity index (χ1v) is 7.86. The molecule has 0 fully saturated rings. The second-order valence-electron chi connectivity index (χ2n) is 4.14. The van der Waals surface area contributed by atoms with E-state index < -0.39 is 15.9 Å². The molecule has 0 aromatic heterocycles. The van der Waals surface area contributed by atoms with Gasteiger partial charge in [0.1, 0.15) is 12.0 Å². The van der Waals surface area contributed by atoms with Crippen LogP contribution in [-0.4, -0.2) is 26.9 Å². The van der Waals surface area contributed by atoms with Crippen LogP contribution in [0, 0.1) is 6.92 Å². The quantitative estimate of drug-likeness (QED) is 0.420. The topological polar surface area (TPSA) is 53.2 Å². The lowest BCUT2D eigenvalue weighted by Crippen LogP contribution is -2.56. The van der Waals surface area contributed by atoms with Crippen LogP contribution in [0.2, 0.25) is 0 Å². The number of thiocarbonyl (C=S) groups is 1. The monoisotopic (exact) mass is 387 g/mol. The van der Waals surface area contributed by atoms with Crippen molar-refractivity contribution in [3.63, 3.8) is 0 Å². The lowest BCUT2D eigenvalue weighted by atomic mass is 10.2. The molecule has 1 rings (SSSR count). The van der Waals surface area contributed by atoms with Crippen molar-refractivity contribution in [2.75, 3.05) is 11.2 Å². The summed E-state index contributed by atoms with van der Waals surface area (Å²) in [6.07, 6.45) is -1.02. The van der Waals surface area contributed by atoms with Crippen molar-refractivity contribution >= 4 is 75.3 Å². The van der Waals surface area contributed by atoms with Gasteiger partial charge in [0.15, 0.2) is 5.11 Å². The van der Waals surface area contributed by atoms with Gasteiger partial charge in [0.05, 0.1) is 0 Å². The van der Waals surface area contributed by atoms with Crippen LogP contribution in [0.15, 0.2) is 24.3 Å². The fourth-order valence-corrected chi connectivity index (χ4v) is 2.06. The number of nitrogens with one attached hydrogen (secondary N) is 3. The van der Waals surface area contributed by atoms with Gasteiger partial charge in [0.2, 0.25) is 9.70 Å². The van der Waals surface area contributed by atoms with Gasteiger partial charge in [-0.15, -0.1) is 11.6 Å². The second kappa shape index (κ2) is 8.25. The molecule has 0 bridgehead atoms. The Hall–Kier alpha value is -0.460. The smallest absolute Gasteiger partial charge is 0.236 e. The minimum Gasteiger partial charge on any atom is -0.339 e. The van der Waals surface area contributed by atoms with Crippen LogP contribution in [-0.2, 0) is 4.79 Å². The van der Waals surface area contributed by atoms with E-state index in [0.717, 1.165) is 11.3 Å². The normalized spacial score (nSPS) is 12.4. The number of benzene rings is 1. The third-order valence-corrected chi connectivity index (χ3v) is 3.42. The number of alkyl halides is 4. The molecule has 9 heteroatoms. The molecule has 0 spiro atoms. The number of carbonyl (C=O) groups is 1. The average Bonchev–Trinajstić information content (AvgIpc) is 2.36. The summed E-state index contributed by atoms with van der Waals surface area (Å²) in [6.45, 7) is 1.95. The lowest BCUT2D eigenvalue weighted by molar-refractivity contribution is -0.119. The van der Waals surface area contributed by atoms with Crippen molar-refractivity contribution in [1.82, 2.24) is 10.6 Å². The van der Waals surface area contributed by atoms with E-state index in [0.29, 0.717) is 0 Å². The summed E-state index contributed by atoms with van der Waals surface area (Å²) in [5, 5.41) is 8.29. The standard InChI is InChI=1S/C12H13Cl4N3OS/c1-7-3-2-4-8(5-7)17-11(21)19-10(12(14,15)16)18-9(20)6-13/h2-5,10H,6H2,1H3,(H,18,20)(H2,17,19,21)/t10-/m0/s1. The van der Waals surface area contributed by atoms with Gasteiger partial charge in [0.25, 0.3) is 0 Å². The van der Waals surface area contributed by atoms with E-state index in [-0.39, 0.29) is 11.0 Å². The minimum absolute atomic E-state index is 0.201. The number of hydrogen-bond donors (Lipinski definition) is 3. The maximum Gasteiger partial charge on any atom is 0.236 e. The molecule has 4 nitrogen and oxygen atoms in total. The van der Waals surface area contributed by atoms with E-state index in [1.165, 1.54) is 0 Å². The Labute approximate surface area is 148 Å². The van der Waals surface area contributed by atoms with Gasteiger partial charge in [-0.3, -0.25) is 4.79 Å². The third kappa shape index (κ3) is 6.89. The largest absolute Gasteiger partial charge is 0.339 e. The highest BCUT2D eigenvalue weighted by Crippen LogP contribution is 2.29. The number of rotatable bonds is 4. The maximum absolute atomic E-state index is 11.3. The minimum atomic E-state index is -1.79. The van der Waals surface area contributed by atoms with Crippen molar-refractivity contribution in [2.45, 2.75) is 16.9 Å². The van der Waals surface area contributed by atoms with Gasteiger partial charge >= 0.3 is 0 Å². The van der Waals surface area contributed by atoms with Crippen LogP contribution < -0.4 is 16.0 Å². The molecule has 0 radical (unpaired) electrons. The van der Waals surface area contributed by atoms with E-state index in [9.17, 15) is 4.79 Å². The molecule has 1 aromatic carbocycles. The number of amides is 1. The molecule has 3 N–H and O–H groups in total. The summed E-state index contributed by atoms with van der Waals surface area (Å²) >= 11 is 27.9. The zero-order chi connectivity index (χ0) is 16.0. The van der Waals surface area contributed by atoms with Gasteiger partial charge in [-0.05, 0) is 36.8 Å². The predicted molar refractivity (Wildman–Crippen MR) is 93.5 cm³/mol. The highest BCUT2D eigenvalue weighted by molar-refractivity contribution is 7.80. The molecule has 0 saturated carbocycles. The molecule has 116 valence electrons. The van der Waals surface area contributed by atoms with Gasteiger partial charge < -0.3 is 16.0 Å². The number of carbonyl (C=O) groups excluding carboxylic acids is 1. The Balaban J connectivity index is 2.70. The van der Waals surface area contributed by atoms with Crippen molar-refractivity contribution in [3.05, 3.63) is 29.8 Å². The second-order valence-corrected chi connectivity index (χ2v) is 7.19. The third-order valence-electron chi connectivity index (χ3n) is 2.31. The zero-order valence-corrected chi connectivity index (χ0v) is 14.8. The van der Waals surface area contributed by atoms with Crippen LogP contribution in [0.5, 0.6) is 0 Å². The Bertz CT molecular complexity index is 521. The molecular formula is C12H13Cl4N3OS. The number of halogens is 4. The molecule has 0 aliphatic carbocycles. The van der Waals surface area contributed by atoms with E-state index in [1.807, 2.05) is 31.2 Å². The van der Waals surface area contributed by atoms with Crippen LogP contribution in [0.1, 0.15) is 5.56 Å². The van der Waals surface area contributed by atoms with Crippen LogP contribution >= 0.6 is 58.6 Å². The Morgan fingerprint density at radius 3 is 2.52 bits per heavy atom. The van der Waals surface area contributed by atoms with Crippen molar-refractivity contribution in [2.24, 2.45) is 0 Å². The maximum atomic E-state index is 11.3. The highest BCUT2D eigenvalue weighted by Gasteiger charge is 2.34.